The lowest BCUT2D eigenvalue weighted by Gasteiger charge is -2.13. The number of ether oxygens (including phenoxy) is 1. The van der Waals surface area contributed by atoms with Crippen LogP contribution in [-0.2, 0) is 0 Å². The van der Waals surface area contributed by atoms with Crippen LogP contribution in [0.4, 0.5) is 0 Å². The molecule has 0 N–H and O–H groups in total. The smallest absolute Gasteiger partial charge is 0.202 e. The van der Waals surface area contributed by atoms with E-state index in [0.717, 1.165) is 11.4 Å². The van der Waals surface area contributed by atoms with Crippen molar-refractivity contribution in [3.05, 3.63) is 51.3 Å². The highest BCUT2D eigenvalue weighted by Gasteiger charge is 2.18. The average Bonchev–Trinajstić information content (AvgIpc) is 2.73. The SMILES string of the molecule is Cc1cc(C(=O)COc2c(Cl)cccc2Cl)c(C)n1C(C)C. The molecule has 1 aromatic heterocycles. The van der Waals surface area contributed by atoms with Gasteiger partial charge in [-0.15, -0.1) is 0 Å². The third-order valence-electron chi connectivity index (χ3n) is 3.57. The van der Waals surface area contributed by atoms with Crippen LogP contribution in [0.25, 0.3) is 0 Å². The second kappa shape index (κ2) is 6.76. The number of aromatic nitrogens is 1. The molecule has 2 rings (SSSR count). The first-order chi connectivity index (χ1) is 10.3. The monoisotopic (exact) mass is 339 g/mol. The molecule has 0 saturated carbocycles. The summed E-state index contributed by atoms with van der Waals surface area (Å²) in [4.78, 5) is 12.4. The summed E-state index contributed by atoms with van der Waals surface area (Å²) in [5.74, 6) is 0.257. The van der Waals surface area contributed by atoms with Crippen LogP contribution in [0.3, 0.4) is 0 Å². The molecule has 0 unspecified atom stereocenters. The third-order valence-corrected chi connectivity index (χ3v) is 4.16. The highest BCUT2D eigenvalue weighted by atomic mass is 35.5. The zero-order chi connectivity index (χ0) is 16.4. The van der Waals surface area contributed by atoms with E-state index in [1.54, 1.807) is 18.2 Å². The lowest BCUT2D eigenvalue weighted by molar-refractivity contribution is 0.0921. The molecule has 0 radical (unpaired) electrons. The first kappa shape index (κ1) is 16.9. The fraction of sp³-hybridized carbons (Fsp3) is 0.353. The molecule has 0 aliphatic carbocycles. The minimum Gasteiger partial charge on any atom is -0.482 e. The van der Waals surface area contributed by atoms with E-state index in [-0.39, 0.29) is 12.4 Å². The van der Waals surface area contributed by atoms with Crippen molar-refractivity contribution in [2.24, 2.45) is 0 Å². The predicted octanol–water partition coefficient (Wildman–Crippen LogP) is 5.25. The Bertz CT molecular complexity index is 685. The fourth-order valence-corrected chi connectivity index (χ4v) is 3.20. The third kappa shape index (κ3) is 3.31. The minimum atomic E-state index is -0.0914. The van der Waals surface area contributed by atoms with E-state index in [0.29, 0.717) is 27.4 Å². The van der Waals surface area contributed by atoms with Gasteiger partial charge in [-0.05, 0) is 45.9 Å². The van der Waals surface area contributed by atoms with Crippen LogP contribution in [0.1, 0.15) is 41.6 Å². The summed E-state index contributed by atoms with van der Waals surface area (Å²) in [7, 11) is 0. The maximum absolute atomic E-state index is 12.4. The first-order valence-corrected chi connectivity index (χ1v) is 7.87. The minimum absolute atomic E-state index is 0.0870. The van der Waals surface area contributed by atoms with Gasteiger partial charge in [0.1, 0.15) is 0 Å². The molecule has 0 amide bonds. The fourth-order valence-electron chi connectivity index (χ4n) is 2.69. The molecule has 2 aromatic rings. The molecule has 1 aromatic carbocycles. The zero-order valence-corrected chi connectivity index (χ0v) is 14.6. The van der Waals surface area contributed by atoms with Crippen LogP contribution in [0.5, 0.6) is 5.75 Å². The Hall–Kier alpha value is -1.45. The number of rotatable bonds is 5. The number of ketones is 1. The summed E-state index contributed by atoms with van der Waals surface area (Å²) >= 11 is 12.1. The van der Waals surface area contributed by atoms with E-state index in [9.17, 15) is 4.79 Å². The topological polar surface area (TPSA) is 31.2 Å². The number of nitrogens with zero attached hydrogens (tertiary/aromatic N) is 1. The van der Waals surface area contributed by atoms with Crippen LogP contribution < -0.4 is 4.74 Å². The van der Waals surface area contributed by atoms with Crippen molar-refractivity contribution in [2.75, 3.05) is 6.61 Å². The summed E-state index contributed by atoms with van der Waals surface area (Å²) < 4.78 is 7.66. The van der Waals surface area contributed by atoms with Gasteiger partial charge >= 0.3 is 0 Å². The second-order valence-corrected chi connectivity index (χ2v) is 6.33. The van der Waals surface area contributed by atoms with Gasteiger partial charge in [0.25, 0.3) is 0 Å². The van der Waals surface area contributed by atoms with Crippen LogP contribution in [0.15, 0.2) is 24.3 Å². The van der Waals surface area contributed by atoms with Crippen molar-refractivity contribution in [1.29, 1.82) is 0 Å². The van der Waals surface area contributed by atoms with E-state index < -0.39 is 0 Å². The summed E-state index contributed by atoms with van der Waals surface area (Å²) in [5, 5.41) is 0.793. The van der Waals surface area contributed by atoms with E-state index in [2.05, 4.69) is 18.4 Å². The molecule has 0 fully saturated rings. The molecular weight excluding hydrogens is 321 g/mol. The molecule has 5 heteroatoms. The van der Waals surface area contributed by atoms with Gasteiger partial charge in [0, 0.05) is 23.0 Å². The van der Waals surface area contributed by atoms with E-state index in [1.165, 1.54) is 0 Å². The number of hydrogen-bond donors (Lipinski definition) is 0. The Morgan fingerprint density at radius 1 is 1.23 bits per heavy atom. The number of carbonyl (C=O) groups excluding carboxylic acids is 1. The van der Waals surface area contributed by atoms with Crippen molar-refractivity contribution in [2.45, 2.75) is 33.7 Å². The van der Waals surface area contributed by atoms with Crippen LogP contribution in [0.2, 0.25) is 10.0 Å². The quantitative estimate of drug-likeness (QED) is 0.696. The van der Waals surface area contributed by atoms with Crippen molar-refractivity contribution < 1.29 is 9.53 Å². The molecule has 118 valence electrons. The largest absolute Gasteiger partial charge is 0.482 e. The summed E-state index contributed by atoms with van der Waals surface area (Å²) in [6.45, 7) is 8.03. The van der Waals surface area contributed by atoms with Gasteiger partial charge < -0.3 is 9.30 Å². The van der Waals surface area contributed by atoms with Crippen molar-refractivity contribution >= 4 is 29.0 Å². The zero-order valence-electron chi connectivity index (χ0n) is 13.1. The highest BCUT2D eigenvalue weighted by molar-refractivity contribution is 6.37. The van der Waals surface area contributed by atoms with Gasteiger partial charge in [-0.2, -0.15) is 0 Å². The van der Waals surface area contributed by atoms with Crippen molar-refractivity contribution in [3.63, 3.8) is 0 Å². The van der Waals surface area contributed by atoms with Gasteiger partial charge in [-0.25, -0.2) is 0 Å². The molecule has 3 nitrogen and oxygen atoms in total. The van der Waals surface area contributed by atoms with Gasteiger partial charge in [0.2, 0.25) is 5.78 Å². The maximum Gasteiger partial charge on any atom is 0.202 e. The van der Waals surface area contributed by atoms with E-state index >= 15 is 0 Å². The molecule has 0 bridgehead atoms. The summed E-state index contributed by atoms with van der Waals surface area (Å²) in [5.41, 5.74) is 2.69. The first-order valence-electron chi connectivity index (χ1n) is 7.11. The van der Waals surface area contributed by atoms with Crippen molar-refractivity contribution in [3.8, 4) is 5.75 Å². The van der Waals surface area contributed by atoms with E-state index in [4.69, 9.17) is 27.9 Å². The lowest BCUT2D eigenvalue weighted by Crippen LogP contribution is -2.13. The molecule has 1 heterocycles. The predicted molar refractivity (Wildman–Crippen MR) is 90.6 cm³/mol. The van der Waals surface area contributed by atoms with Crippen molar-refractivity contribution in [1.82, 2.24) is 4.57 Å². The average molecular weight is 340 g/mol. The lowest BCUT2D eigenvalue weighted by atomic mass is 10.1. The van der Waals surface area contributed by atoms with Crippen LogP contribution >= 0.6 is 23.2 Å². The van der Waals surface area contributed by atoms with Crippen LogP contribution in [-0.4, -0.2) is 17.0 Å². The van der Waals surface area contributed by atoms with Gasteiger partial charge in [-0.3, -0.25) is 4.79 Å². The Morgan fingerprint density at radius 3 is 2.32 bits per heavy atom. The van der Waals surface area contributed by atoms with Crippen LogP contribution in [0, 0.1) is 13.8 Å². The number of halogens is 2. The summed E-state index contributed by atoms with van der Waals surface area (Å²) in [6, 6.07) is 7.29. The number of para-hydroxylation sites is 1. The second-order valence-electron chi connectivity index (χ2n) is 5.51. The standard InChI is InChI=1S/C17H19Cl2NO2/c1-10(2)20-11(3)8-13(12(20)4)16(21)9-22-17-14(18)6-5-7-15(17)19/h5-8,10H,9H2,1-4H3. The van der Waals surface area contributed by atoms with Gasteiger partial charge in [0.15, 0.2) is 12.4 Å². The Balaban J connectivity index is 2.19. The molecule has 0 aliphatic heterocycles. The Kier molecular flexibility index (Phi) is 5.20. The number of carbonyl (C=O) groups is 1. The molecule has 0 atom stereocenters. The molecule has 0 aliphatic rings. The summed E-state index contributed by atoms with van der Waals surface area (Å²) in [6.07, 6.45) is 0. The highest BCUT2D eigenvalue weighted by Crippen LogP contribution is 2.32. The Labute approximate surface area is 140 Å². The number of aryl methyl sites for hydroxylation is 1. The van der Waals surface area contributed by atoms with Gasteiger partial charge in [-0.1, -0.05) is 29.3 Å². The number of hydrogen-bond acceptors (Lipinski definition) is 2. The molecule has 0 saturated heterocycles. The maximum atomic E-state index is 12.4. The van der Waals surface area contributed by atoms with Gasteiger partial charge in [0.05, 0.1) is 10.0 Å². The normalized spacial score (nSPS) is 11.0. The van der Waals surface area contributed by atoms with E-state index in [1.807, 2.05) is 19.9 Å². The molecular formula is C17H19Cl2NO2. The Morgan fingerprint density at radius 2 is 1.82 bits per heavy atom. The molecule has 22 heavy (non-hydrogen) atoms. The number of Topliss-reactive ketones (excluding diaryl/α,β-unsaturated/α-hetero) is 1. The number of benzene rings is 1. The molecule has 0 spiro atoms.